The van der Waals surface area contributed by atoms with E-state index in [0.29, 0.717) is 24.4 Å². The van der Waals surface area contributed by atoms with Crippen LogP contribution in [0.4, 0.5) is 5.69 Å². The van der Waals surface area contributed by atoms with Crippen molar-refractivity contribution >= 4 is 18.0 Å². The average molecular weight is 305 g/mol. The van der Waals surface area contributed by atoms with Gasteiger partial charge >= 0.3 is 0 Å². The van der Waals surface area contributed by atoms with E-state index in [0.717, 1.165) is 38.2 Å². The predicted molar refractivity (Wildman–Crippen MR) is 85.1 cm³/mol. The molecule has 6 nitrogen and oxygen atoms in total. The van der Waals surface area contributed by atoms with Crippen molar-refractivity contribution in [3.8, 4) is 5.75 Å². The number of hydrogen-bond acceptors (Lipinski definition) is 4. The van der Waals surface area contributed by atoms with Crippen molar-refractivity contribution in [2.45, 2.75) is 13.3 Å². The molecule has 0 unspecified atom stereocenters. The molecule has 120 valence electrons. The standard InChI is InChI=1S/C16H23N3O3/c1-13-3-4-15(22-2)14(11-13)17-16(21)5-6-18-7-9-19(12-20)10-8-18/h3-4,11-12H,5-10H2,1-2H3,(H,17,21). The molecule has 1 aliphatic rings. The molecule has 0 atom stereocenters. The van der Waals surface area contributed by atoms with E-state index in [1.165, 1.54) is 0 Å². The number of anilines is 1. The molecule has 0 saturated carbocycles. The van der Waals surface area contributed by atoms with Gasteiger partial charge in [0.15, 0.2) is 0 Å². The number of aryl methyl sites for hydroxylation is 1. The highest BCUT2D eigenvalue weighted by Crippen LogP contribution is 2.25. The van der Waals surface area contributed by atoms with E-state index >= 15 is 0 Å². The molecule has 1 N–H and O–H groups in total. The monoisotopic (exact) mass is 305 g/mol. The van der Waals surface area contributed by atoms with Crippen LogP contribution in [0.2, 0.25) is 0 Å². The molecule has 1 fully saturated rings. The number of rotatable bonds is 6. The van der Waals surface area contributed by atoms with Crippen molar-refractivity contribution in [3.63, 3.8) is 0 Å². The number of methoxy groups -OCH3 is 1. The number of carbonyl (C=O) groups excluding carboxylic acids is 2. The van der Waals surface area contributed by atoms with Gasteiger partial charge in [0.2, 0.25) is 12.3 Å². The Morgan fingerprint density at radius 2 is 2.05 bits per heavy atom. The van der Waals surface area contributed by atoms with Crippen LogP contribution in [0.1, 0.15) is 12.0 Å². The number of benzene rings is 1. The normalized spacial score (nSPS) is 15.5. The molecule has 2 amide bonds. The minimum Gasteiger partial charge on any atom is -0.495 e. The Labute approximate surface area is 131 Å². The summed E-state index contributed by atoms with van der Waals surface area (Å²) in [5.41, 5.74) is 1.78. The summed E-state index contributed by atoms with van der Waals surface area (Å²) in [6, 6.07) is 5.70. The molecule has 1 heterocycles. The van der Waals surface area contributed by atoms with E-state index < -0.39 is 0 Å². The molecule has 2 rings (SSSR count). The van der Waals surface area contributed by atoms with Crippen molar-refractivity contribution < 1.29 is 14.3 Å². The van der Waals surface area contributed by atoms with E-state index in [4.69, 9.17) is 4.74 Å². The molecule has 0 aromatic heterocycles. The number of nitrogens with zero attached hydrogens (tertiary/aromatic N) is 2. The van der Waals surface area contributed by atoms with Crippen molar-refractivity contribution in [2.24, 2.45) is 0 Å². The number of piperazine rings is 1. The van der Waals surface area contributed by atoms with E-state index in [9.17, 15) is 9.59 Å². The van der Waals surface area contributed by atoms with E-state index in [2.05, 4.69) is 10.2 Å². The molecular weight excluding hydrogens is 282 g/mol. The maximum atomic E-state index is 12.1. The lowest BCUT2D eigenvalue weighted by Crippen LogP contribution is -2.46. The van der Waals surface area contributed by atoms with Crippen molar-refractivity contribution in [2.75, 3.05) is 45.2 Å². The second kappa shape index (κ2) is 7.79. The lowest BCUT2D eigenvalue weighted by Gasteiger charge is -2.32. The van der Waals surface area contributed by atoms with Crippen LogP contribution in [0.5, 0.6) is 5.75 Å². The smallest absolute Gasteiger partial charge is 0.225 e. The van der Waals surface area contributed by atoms with Crippen LogP contribution in [0.3, 0.4) is 0 Å². The van der Waals surface area contributed by atoms with Gasteiger partial charge in [0, 0.05) is 39.1 Å². The molecule has 1 aliphatic heterocycles. The molecule has 1 saturated heterocycles. The molecule has 0 spiro atoms. The SMILES string of the molecule is COc1ccc(C)cc1NC(=O)CCN1CCN(C=O)CC1. The van der Waals surface area contributed by atoms with Crippen molar-refractivity contribution in [1.29, 1.82) is 0 Å². The third-order valence-electron chi connectivity index (χ3n) is 3.84. The highest BCUT2D eigenvalue weighted by Gasteiger charge is 2.16. The van der Waals surface area contributed by atoms with Crippen LogP contribution < -0.4 is 10.1 Å². The maximum absolute atomic E-state index is 12.1. The molecule has 0 aliphatic carbocycles. The van der Waals surface area contributed by atoms with Crippen LogP contribution in [0.15, 0.2) is 18.2 Å². The first-order valence-electron chi connectivity index (χ1n) is 7.48. The predicted octanol–water partition coefficient (Wildman–Crippen LogP) is 1.11. The second-order valence-electron chi connectivity index (χ2n) is 5.48. The summed E-state index contributed by atoms with van der Waals surface area (Å²) in [4.78, 5) is 26.7. The van der Waals surface area contributed by atoms with Gasteiger partial charge in [0.1, 0.15) is 5.75 Å². The number of amides is 2. The summed E-state index contributed by atoms with van der Waals surface area (Å²) in [5.74, 6) is 0.639. The fraction of sp³-hybridized carbons (Fsp3) is 0.500. The third-order valence-corrected chi connectivity index (χ3v) is 3.84. The first-order valence-corrected chi connectivity index (χ1v) is 7.48. The van der Waals surface area contributed by atoms with Gasteiger partial charge in [0.25, 0.3) is 0 Å². The molecule has 0 radical (unpaired) electrons. The lowest BCUT2D eigenvalue weighted by atomic mass is 10.2. The Hall–Kier alpha value is -2.08. The first kappa shape index (κ1) is 16.3. The van der Waals surface area contributed by atoms with Gasteiger partial charge in [-0.05, 0) is 24.6 Å². The van der Waals surface area contributed by atoms with Crippen LogP contribution in [-0.2, 0) is 9.59 Å². The zero-order valence-corrected chi connectivity index (χ0v) is 13.2. The fourth-order valence-electron chi connectivity index (χ4n) is 2.48. The zero-order chi connectivity index (χ0) is 15.9. The highest BCUT2D eigenvalue weighted by molar-refractivity contribution is 5.92. The molecule has 0 bridgehead atoms. The topological polar surface area (TPSA) is 61.9 Å². The Morgan fingerprint density at radius 1 is 1.32 bits per heavy atom. The van der Waals surface area contributed by atoms with E-state index in [1.807, 2.05) is 25.1 Å². The van der Waals surface area contributed by atoms with Crippen LogP contribution >= 0.6 is 0 Å². The van der Waals surface area contributed by atoms with Crippen LogP contribution in [0, 0.1) is 6.92 Å². The number of nitrogens with one attached hydrogen (secondary N) is 1. The summed E-state index contributed by atoms with van der Waals surface area (Å²) in [6.07, 6.45) is 1.31. The zero-order valence-electron chi connectivity index (χ0n) is 13.2. The van der Waals surface area contributed by atoms with Gasteiger partial charge in [-0.25, -0.2) is 0 Å². The van der Waals surface area contributed by atoms with Gasteiger partial charge < -0.3 is 15.0 Å². The average Bonchev–Trinajstić information content (AvgIpc) is 2.53. The summed E-state index contributed by atoms with van der Waals surface area (Å²) in [5, 5.41) is 2.90. The van der Waals surface area contributed by atoms with Gasteiger partial charge in [-0.3, -0.25) is 14.5 Å². The Bertz CT molecular complexity index is 525. The fourth-order valence-corrected chi connectivity index (χ4v) is 2.48. The first-order chi connectivity index (χ1) is 10.6. The molecule has 1 aromatic rings. The highest BCUT2D eigenvalue weighted by atomic mass is 16.5. The van der Waals surface area contributed by atoms with Crippen LogP contribution in [0.25, 0.3) is 0 Å². The van der Waals surface area contributed by atoms with Gasteiger partial charge in [-0.15, -0.1) is 0 Å². The molecular formula is C16H23N3O3. The van der Waals surface area contributed by atoms with E-state index in [-0.39, 0.29) is 5.91 Å². The maximum Gasteiger partial charge on any atom is 0.225 e. The minimum absolute atomic E-state index is 0.0262. The van der Waals surface area contributed by atoms with Crippen molar-refractivity contribution in [1.82, 2.24) is 9.80 Å². The second-order valence-corrected chi connectivity index (χ2v) is 5.48. The Kier molecular flexibility index (Phi) is 5.77. The van der Waals surface area contributed by atoms with Gasteiger partial charge in [0.05, 0.1) is 12.8 Å². The Balaban J connectivity index is 1.81. The summed E-state index contributed by atoms with van der Waals surface area (Å²) < 4.78 is 5.26. The number of carbonyl (C=O) groups is 2. The largest absolute Gasteiger partial charge is 0.495 e. The Morgan fingerprint density at radius 3 is 2.68 bits per heavy atom. The van der Waals surface area contributed by atoms with Gasteiger partial charge in [-0.1, -0.05) is 6.07 Å². The molecule has 6 heteroatoms. The summed E-state index contributed by atoms with van der Waals surface area (Å²) in [7, 11) is 1.59. The molecule has 1 aromatic carbocycles. The number of ether oxygens (including phenoxy) is 1. The molecule has 22 heavy (non-hydrogen) atoms. The summed E-state index contributed by atoms with van der Waals surface area (Å²) in [6.45, 7) is 5.78. The summed E-state index contributed by atoms with van der Waals surface area (Å²) >= 11 is 0. The number of hydrogen-bond donors (Lipinski definition) is 1. The van der Waals surface area contributed by atoms with Crippen LogP contribution in [-0.4, -0.2) is 62.0 Å². The third kappa shape index (κ3) is 4.46. The minimum atomic E-state index is -0.0262. The quantitative estimate of drug-likeness (QED) is 0.800. The van der Waals surface area contributed by atoms with E-state index in [1.54, 1.807) is 12.0 Å². The van der Waals surface area contributed by atoms with Crippen molar-refractivity contribution in [3.05, 3.63) is 23.8 Å². The van der Waals surface area contributed by atoms with Gasteiger partial charge in [-0.2, -0.15) is 0 Å². The lowest BCUT2D eigenvalue weighted by molar-refractivity contribution is -0.120.